The topological polar surface area (TPSA) is 40.5 Å². The number of hydrogen-bond donors (Lipinski definition) is 2. The summed E-state index contributed by atoms with van der Waals surface area (Å²) >= 11 is 0. The molecule has 0 amide bonds. The summed E-state index contributed by atoms with van der Waals surface area (Å²) in [5.41, 5.74) is 0.431. The molecule has 4 saturated carbocycles. The van der Waals surface area contributed by atoms with Crippen molar-refractivity contribution in [1.82, 2.24) is 0 Å². The van der Waals surface area contributed by atoms with Crippen LogP contribution in [0.3, 0.4) is 0 Å². The fraction of sp³-hybridized carbons (Fsp3) is 0.929. The maximum atomic E-state index is 11.0. The second kappa shape index (κ2) is 8.12. The minimum atomic E-state index is -0.397. The molecule has 0 aromatic rings. The quantitative estimate of drug-likeness (QED) is 0.538. The molecule has 10 atom stereocenters. The van der Waals surface area contributed by atoms with Crippen molar-refractivity contribution in [2.45, 2.75) is 117 Å². The van der Waals surface area contributed by atoms with E-state index in [9.17, 15) is 10.2 Å². The van der Waals surface area contributed by atoms with Crippen molar-refractivity contribution in [2.75, 3.05) is 0 Å². The van der Waals surface area contributed by atoms with Gasteiger partial charge in [-0.1, -0.05) is 27.7 Å². The summed E-state index contributed by atoms with van der Waals surface area (Å²) < 4.78 is 0. The smallest absolute Gasteiger partial charge is 0.0677 e. The van der Waals surface area contributed by atoms with E-state index >= 15 is 0 Å². The van der Waals surface area contributed by atoms with Crippen LogP contribution >= 0.6 is 0 Å². The summed E-state index contributed by atoms with van der Waals surface area (Å²) in [4.78, 5) is 0. The lowest BCUT2D eigenvalue weighted by molar-refractivity contribution is -0.154. The van der Waals surface area contributed by atoms with Crippen LogP contribution in [-0.4, -0.2) is 21.9 Å². The molecule has 4 fully saturated rings. The maximum absolute atomic E-state index is 11.0. The Morgan fingerprint density at radius 3 is 2.40 bits per heavy atom. The van der Waals surface area contributed by atoms with Gasteiger partial charge in [-0.25, -0.2) is 0 Å². The van der Waals surface area contributed by atoms with Gasteiger partial charge >= 0.3 is 0 Å². The van der Waals surface area contributed by atoms with E-state index in [1.807, 2.05) is 6.92 Å². The van der Waals surface area contributed by atoms with Gasteiger partial charge in [0.15, 0.2) is 0 Å². The largest absolute Gasteiger partial charge is 0.392 e. The van der Waals surface area contributed by atoms with Gasteiger partial charge in [0, 0.05) is 6.42 Å². The van der Waals surface area contributed by atoms with Crippen LogP contribution in [0.15, 0.2) is 0 Å². The second-order valence-electron chi connectivity index (χ2n) is 12.2. The van der Waals surface area contributed by atoms with Gasteiger partial charge in [-0.05, 0) is 117 Å². The first-order valence-electron chi connectivity index (χ1n) is 13.0. The van der Waals surface area contributed by atoms with Crippen LogP contribution in [0.2, 0.25) is 0 Å². The van der Waals surface area contributed by atoms with E-state index in [4.69, 9.17) is 0 Å². The second-order valence-corrected chi connectivity index (χ2v) is 12.2. The molecule has 0 spiro atoms. The Kier molecular flexibility index (Phi) is 6.13. The molecule has 0 aliphatic heterocycles. The number of aliphatic hydroxyl groups excluding tert-OH is 1. The van der Waals surface area contributed by atoms with E-state index < -0.39 is 5.60 Å². The first-order valence-corrected chi connectivity index (χ1v) is 13.0. The highest BCUT2D eigenvalue weighted by Gasteiger charge is 2.61. The zero-order valence-electron chi connectivity index (χ0n) is 20.2. The van der Waals surface area contributed by atoms with Gasteiger partial charge in [0.1, 0.15) is 0 Å². The molecule has 0 aromatic carbocycles. The molecule has 30 heavy (non-hydrogen) atoms. The first-order chi connectivity index (χ1) is 14.2. The van der Waals surface area contributed by atoms with Crippen molar-refractivity contribution < 1.29 is 10.2 Å². The molecule has 2 unspecified atom stereocenters. The van der Waals surface area contributed by atoms with Crippen LogP contribution in [0.4, 0.5) is 0 Å². The van der Waals surface area contributed by atoms with Gasteiger partial charge in [-0.3, -0.25) is 0 Å². The molecule has 0 saturated heterocycles. The van der Waals surface area contributed by atoms with E-state index in [0.717, 1.165) is 37.0 Å². The van der Waals surface area contributed by atoms with Crippen LogP contribution < -0.4 is 0 Å². The maximum Gasteiger partial charge on any atom is 0.0677 e. The Balaban J connectivity index is 1.52. The van der Waals surface area contributed by atoms with E-state index in [1.165, 1.54) is 44.9 Å². The third kappa shape index (κ3) is 3.47. The lowest BCUT2D eigenvalue weighted by Crippen LogP contribution is -2.56. The zero-order valence-corrected chi connectivity index (χ0v) is 20.2. The highest BCUT2D eigenvalue weighted by molar-refractivity contribution is 5.11. The molecule has 0 bridgehead atoms. The summed E-state index contributed by atoms with van der Waals surface area (Å²) in [6, 6.07) is 0. The fourth-order valence-electron chi connectivity index (χ4n) is 9.21. The normalized spacial score (nSPS) is 49.8. The van der Waals surface area contributed by atoms with Gasteiger partial charge in [-0.15, -0.1) is 11.8 Å². The Hall–Kier alpha value is -0.520. The molecular formula is C28H46O2. The Morgan fingerprint density at radius 2 is 1.70 bits per heavy atom. The van der Waals surface area contributed by atoms with Gasteiger partial charge < -0.3 is 10.2 Å². The standard InChI is InChI=1S/C28H46O2/c1-6-8-9-25(29)19(3)22-12-13-23-21-11-10-20-18-28(30,7-2)17-16-26(20,4)24(21)14-15-27(22,23)5/h19-25,29-30H,7,9-18H2,1-5H3/t19-,20-,21-,22?,23-,24-,25?,26-,27+,28-/m0/s1. The van der Waals surface area contributed by atoms with Crippen molar-refractivity contribution in [2.24, 2.45) is 46.3 Å². The lowest BCUT2D eigenvalue weighted by Gasteiger charge is -2.62. The highest BCUT2D eigenvalue weighted by Crippen LogP contribution is 2.69. The molecule has 2 N–H and O–H groups in total. The molecule has 4 aliphatic rings. The van der Waals surface area contributed by atoms with Gasteiger partial charge in [0.2, 0.25) is 0 Å². The zero-order chi connectivity index (χ0) is 21.7. The molecule has 2 nitrogen and oxygen atoms in total. The summed E-state index contributed by atoms with van der Waals surface area (Å²) in [6.45, 7) is 11.5. The van der Waals surface area contributed by atoms with Crippen molar-refractivity contribution in [3.8, 4) is 11.8 Å². The fourth-order valence-corrected chi connectivity index (χ4v) is 9.21. The van der Waals surface area contributed by atoms with Crippen molar-refractivity contribution in [3.63, 3.8) is 0 Å². The molecular weight excluding hydrogens is 368 g/mol. The number of hydrogen-bond acceptors (Lipinski definition) is 2. The van der Waals surface area contributed by atoms with E-state index in [2.05, 4.69) is 39.5 Å². The lowest BCUT2D eigenvalue weighted by atomic mass is 9.43. The third-order valence-electron chi connectivity index (χ3n) is 11.3. The Morgan fingerprint density at radius 1 is 0.967 bits per heavy atom. The first kappa shape index (κ1) is 22.7. The summed E-state index contributed by atoms with van der Waals surface area (Å²) in [5.74, 6) is 10.3. The predicted molar refractivity (Wildman–Crippen MR) is 124 cm³/mol. The van der Waals surface area contributed by atoms with E-state index in [0.29, 0.717) is 35.0 Å². The molecule has 4 rings (SSSR count). The summed E-state index contributed by atoms with van der Waals surface area (Å²) in [7, 11) is 0. The van der Waals surface area contributed by atoms with Gasteiger partial charge in [0.25, 0.3) is 0 Å². The Labute approximate surface area is 185 Å². The molecule has 2 heteroatoms. The molecule has 4 aliphatic carbocycles. The third-order valence-corrected chi connectivity index (χ3v) is 11.3. The molecule has 170 valence electrons. The number of rotatable bonds is 4. The average Bonchev–Trinajstić information content (AvgIpc) is 3.09. The van der Waals surface area contributed by atoms with E-state index in [-0.39, 0.29) is 6.10 Å². The minimum Gasteiger partial charge on any atom is -0.392 e. The SMILES string of the molecule is CC#CCC(O)[C@@H](C)C1CC[C@H]2[C@@H]3CC[C@H]4C[C@](O)(CC)CC[C@]4(C)[C@H]3CC[C@]12C. The molecule has 0 aromatic heterocycles. The highest BCUT2D eigenvalue weighted by atomic mass is 16.3. The minimum absolute atomic E-state index is 0.283. The van der Waals surface area contributed by atoms with E-state index in [1.54, 1.807) is 0 Å². The summed E-state index contributed by atoms with van der Waals surface area (Å²) in [5, 5.41) is 21.8. The monoisotopic (exact) mass is 414 g/mol. The van der Waals surface area contributed by atoms with Crippen LogP contribution in [0.25, 0.3) is 0 Å². The van der Waals surface area contributed by atoms with Crippen LogP contribution in [0.1, 0.15) is 105 Å². The molecule has 0 heterocycles. The summed E-state index contributed by atoms with van der Waals surface area (Å²) in [6.07, 6.45) is 12.6. The number of fused-ring (bicyclic) bond motifs is 5. The van der Waals surface area contributed by atoms with Crippen LogP contribution in [0, 0.1) is 58.2 Å². The number of aliphatic hydroxyl groups is 2. The van der Waals surface area contributed by atoms with Crippen molar-refractivity contribution >= 4 is 0 Å². The van der Waals surface area contributed by atoms with Gasteiger partial charge in [0.05, 0.1) is 11.7 Å². The molecule has 0 radical (unpaired) electrons. The predicted octanol–water partition coefficient (Wildman–Crippen LogP) is 6.20. The van der Waals surface area contributed by atoms with Crippen LogP contribution in [0.5, 0.6) is 0 Å². The van der Waals surface area contributed by atoms with Crippen molar-refractivity contribution in [3.05, 3.63) is 0 Å². The van der Waals surface area contributed by atoms with Crippen LogP contribution in [-0.2, 0) is 0 Å². The van der Waals surface area contributed by atoms with Gasteiger partial charge in [-0.2, -0.15) is 0 Å². The average molecular weight is 415 g/mol. The van der Waals surface area contributed by atoms with Crippen molar-refractivity contribution in [1.29, 1.82) is 0 Å². The Bertz CT molecular complexity index is 690.